The van der Waals surface area contributed by atoms with Crippen LogP contribution in [0.2, 0.25) is 5.02 Å². The average molecular weight is 420 g/mol. The fraction of sp³-hybridized carbons (Fsp3) is 0.409. The molecule has 1 aromatic heterocycles. The summed E-state index contributed by atoms with van der Waals surface area (Å²) in [6.07, 6.45) is 4.82. The molecule has 2 aliphatic rings. The summed E-state index contributed by atoms with van der Waals surface area (Å²) < 4.78 is 42.8. The van der Waals surface area contributed by atoms with E-state index in [-0.39, 0.29) is 12.6 Å². The van der Waals surface area contributed by atoms with E-state index in [2.05, 4.69) is 10.6 Å². The second-order valence-electron chi connectivity index (χ2n) is 7.66. The number of alkyl halides is 3. The van der Waals surface area contributed by atoms with Gasteiger partial charge < -0.3 is 9.47 Å². The number of nitrogens with zero attached hydrogens (tertiary/aromatic N) is 3. The van der Waals surface area contributed by atoms with Crippen LogP contribution < -0.4 is 0 Å². The van der Waals surface area contributed by atoms with Gasteiger partial charge in [-0.05, 0) is 44.0 Å². The maximum absolute atomic E-state index is 13.6. The molecule has 3 nitrogen and oxygen atoms in total. The first-order chi connectivity index (χ1) is 13.8. The Labute approximate surface area is 172 Å². The van der Waals surface area contributed by atoms with Gasteiger partial charge in [0, 0.05) is 23.0 Å². The van der Waals surface area contributed by atoms with Crippen LogP contribution in [0.15, 0.2) is 36.4 Å². The molecule has 1 aliphatic carbocycles. The number of halogens is 4. The van der Waals surface area contributed by atoms with Gasteiger partial charge in [-0.15, -0.1) is 0 Å². The van der Waals surface area contributed by atoms with E-state index < -0.39 is 12.2 Å². The fourth-order valence-corrected chi connectivity index (χ4v) is 4.65. The summed E-state index contributed by atoms with van der Waals surface area (Å²) in [4.78, 5) is 1.34. The summed E-state index contributed by atoms with van der Waals surface area (Å²) in [6.45, 7) is 1.31. The van der Waals surface area contributed by atoms with Crippen LogP contribution in [-0.4, -0.2) is 28.2 Å². The molecule has 0 bridgehead atoms. The number of hydrogen-bond acceptors (Lipinski definition) is 2. The molecule has 1 saturated carbocycles. The minimum Gasteiger partial charge on any atom is -0.354 e. The summed E-state index contributed by atoms with van der Waals surface area (Å²) in [6, 6.07) is 6.13. The highest BCUT2D eigenvalue weighted by atomic mass is 35.5. The molecule has 0 radical (unpaired) electrons. The van der Waals surface area contributed by atoms with E-state index in [1.165, 1.54) is 11.8 Å². The van der Waals surface area contributed by atoms with Crippen molar-refractivity contribution < 1.29 is 13.2 Å². The summed E-state index contributed by atoms with van der Waals surface area (Å²) in [5.41, 5.74) is 2.24. The number of hydrogen-bond donors (Lipinski definition) is 0. The van der Waals surface area contributed by atoms with Gasteiger partial charge in [0.1, 0.15) is 12.1 Å². The standard InChI is InChI=1S/C22H21ClF3N3/c1-14(22(24,25)26)28-11-5-4-8-20(28)21-18(13-27)17-12-15(23)9-10-19(17)29(21)16-6-2-3-7-16/h4-5,8-10,12,14,16H,2-3,6-7,11H2,1H3/t14-/m0/s1. The predicted octanol–water partition coefficient (Wildman–Crippen LogP) is 6.44. The van der Waals surface area contributed by atoms with Gasteiger partial charge in [-0.1, -0.05) is 36.6 Å². The maximum Gasteiger partial charge on any atom is 0.408 e. The molecule has 7 heteroatoms. The van der Waals surface area contributed by atoms with Crippen LogP contribution >= 0.6 is 11.6 Å². The van der Waals surface area contributed by atoms with Gasteiger partial charge in [-0.3, -0.25) is 0 Å². The van der Waals surface area contributed by atoms with Crippen LogP contribution in [0.25, 0.3) is 16.6 Å². The number of allylic oxidation sites excluding steroid dienone is 2. The van der Waals surface area contributed by atoms with Gasteiger partial charge in [0.15, 0.2) is 0 Å². The normalized spacial score (nSPS) is 18.9. The molecular weight excluding hydrogens is 399 g/mol. The highest BCUT2D eigenvalue weighted by Crippen LogP contribution is 2.42. The minimum absolute atomic E-state index is 0.143. The zero-order valence-electron chi connectivity index (χ0n) is 16.0. The lowest BCUT2D eigenvalue weighted by molar-refractivity contribution is -0.169. The molecule has 29 heavy (non-hydrogen) atoms. The summed E-state index contributed by atoms with van der Waals surface area (Å²) >= 11 is 6.19. The first-order valence-corrected chi connectivity index (χ1v) is 10.1. The summed E-state index contributed by atoms with van der Waals surface area (Å²) in [5.74, 6) is 0. The van der Waals surface area contributed by atoms with E-state index in [4.69, 9.17) is 11.6 Å². The molecule has 4 rings (SSSR count). The van der Waals surface area contributed by atoms with Gasteiger partial charge in [-0.2, -0.15) is 18.4 Å². The van der Waals surface area contributed by atoms with Crippen molar-refractivity contribution in [1.29, 1.82) is 5.26 Å². The number of rotatable bonds is 3. The van der Waals surface area contributed by atoms with Gasteiger partial charge in [0.05, 0.1) is 22.5 Å². The number of benzene rings is 1. The van der Waals surface area contributed by atoms with Crippen LogP contribution in [-0.2, 0) is 0 Å². The van der Waals surface area contributed by atoms with E-state index in [0.717, 1.165) is 31.2 Å². The third-order valence-corrected chi connectivity index (χ3v) is 6.19. The second kappa shape index (κ2) is 7.46. The van der Waals surface area contributed by atoms with Gasteiger partial charge in [-0.25, -0.2) is 0 Å². The molecule has 152 valence electrons. The molecule has 0 N–H and O–H groups in total. The van der Waals surface area contributed by atoms with Crippen molar-refractivity contribution in [2.45, 2.75) is 50.9 Å². The molecule has 0 unspecified atom stereocenters. The number of nitriles is 1. The molecular formula is C22H21ClF3N3. The highest BCUT2D eigenvalue weighted by molar-refractivity contribution is 6.31. The van der Waals surface area contributed by atoms with Crippen LogP contribution in [0.3, 0.4) is 0 Å². The van der Waals surface area contributed by atoms with Gasteiger partial charge in [0.25, 0.3) is 0 Å². The van der Waals surface area contributed by atoms with Crippen molar-refractivity contribution in [3.05, 3.63) is 52.7 Å². The molecule has 0 spiro atoms. The lowest BCUT2D eigenvalue weighted by Gasteiger charge is -2.36. The second-order valence-corrected chi connectivity index (χ2v) is 8.09. The summed E-state index contributed by atoms with van der Waals surface area (Å²) in [5, 5.41) is 11.2. The Hall–Kier alpha value is -2.39. The van der Waals surface area contributed by atoms with Crippen molar-refractivity contribution in [2.75, 3.05) is 6.54 Å². The van der Waals surface area contributed by atoms with Crippen LogP contribution in [0.4, 0.5) is 13.2 Å². The van der Waals surface area contributed by atoms with E-state index in [1.54, 1.807) is 30.4 Å². The van der Waals surface area contributed by atoms with Crippen LogP contribution in [0, 0.1) is 11.3 Å². The minimum atomic E-state index is -4.37. The third-order valence-electron chi connectivity index (χ3n) is 5.95. The first kappa shape index (κ1) is 19.9. The topological polar surface area (TPSA) is 32.0 Å². The van der Waals surface area contributed by atoms with E-state index in [0.29, 0.717) is 27.4 Å². The molecule has 2 heterocycles. The molecule has 0 saturated heterocycles. The first-order valence-electron chi connectivity index (χ1n) is 9.77. The third kappa shape index (κ3) is 3.42. The Morgan fingerprint density at radius 2 is 1.97 bits per heavy atom. The Bertz CT molecular complexity index is 1040. The molecule has 1 fully saturated rings. The van der Waals surface area contributed by atoms with Crippen molar-refractivity contribution in [3.63, 3.8) is 0 Å². The summed E-state index contributed by atoms with van der Waals surface area (Å²) in [7, 11) is 0. The van der Waals surface area contributed by atoms with Gasteiger partial charge in [0.2, 0.25) is 0 Å². The van der Waals surface area contributed by atoms with E-state index >= 15 is 0 Å². The zero-order chi connectivity index (χ0) is 20.8. The lowest BCUT2D eigenvalue weighted by atomic mass is 10.1. The van der Waals surface area contributed by atoms with Crippen LogP contribution in [0.5, 0.6) is 0 Å². The van der Waals surface area contributed by atoms with Crippen molar-refractivity contribution in [3.8, 4) is 6.07 Å². The van der Waals surface area contributed by atoms with Crippen molar-refractivity contribution in [1.82, 2.24) is 9.47 Å². The fourth-order valence-electron chi connectivity index (χ4n) is 4.48. The SMILES string of the molecule is C[C@H](N1CC=CC=C1c1c(C#N)c2cc(Cl)ccc2n1C1CCCC1)C(F)(F)F. The largest absolute Gasteiger partial charge is 0.408 e. The Kier molecular flexibility index (Phi) is 5.12. The predicted molar refractivity (Wildman–Crippen MR) is 109 cm³/mol. The Morgan fingerprint density at radius 3 is 2.62 bits per heavy atom. The Morgan fingerprint density at radius 1 is 1.24 bits per heavy atom. The maximum atomic E-state index is 13.6. The van der Waals surface area contributed by atoms with Gasteiger partial charge >= 0.3 is 6.18 Å². The molecule has 2 aromatic rings. The average Bonchev–Trinajstić information content (AvgIpc) is 3.31. The van der Waals surface area contributed by atoms with Crippen molar-refractivity contribution >= 4 is 28.2 Å². The zero-order valence-corrected chi connectivity index (χ0v) is 16.8. The highest BCUT2D eigenvalue weighted by Gasteiger charge is 2.42. The van der Waals surface area contributed by atoms with E-state index in [1.807, 2.05) is 6.07 Å². The quantitative estimate of drug-likeness (QED) is 0.573. The smallest absolute Gasteiger partial charge is 0.354 e. The number of aromatic nitrogens is 1. The van der Waals surface area contributed by atoms with Crippen molar-refractivity contribution in [2.24, 2.45) is 0 Å². The number of fused-ring (bicyclic) bond motifs is 1. The Balaban J connectivity index is 1.99. The lowest BCUT2D eigenvalue weighted by Crippen LogP contribution is -2.43. The molecule has 0 amide bonds. The molecule has 1 aromatic carbocycles. The molecule has 1 aliphatic heterocycles. The van der Waals surface area contributed by atoms with E-state index in [9.17, 15) is 18.4 Å². The van der Waals surface area contributed by atoms with Crippen LogP contribution in [0.1, 0.15) is 49.9 Å². The monoisotopic (exact) mass is 419 g/mol. The molecule has 1 atom stereocenters.